The van der Waals surface area contributed by atoms with Crippen LogP contribution < -0.4 is 4.74 Å². The Hall–Kier alpha value is -2.46. The molecule has 0 saturated carbocycles. The molecule has 0 aliphatic rings. The molecule has 0 radical (unpaired) electrons. The maximum atomic E-state index is 13.9. The highest BCUT2D eigenvalue weighted by atomic mass is 19.1. The zero-order valence-corrected chi connectivity index (χ0v) is 13.2. The Morgan fingerprint density at radius 2 is 2.00 bits per heavy atom. The molecule has 120 valence electrons. The third-order valence-electron chi connectivity index (χ3n) is 3.23. The van der Waals surface area contributed by atoms with Crippen LogP contribution in [0.2, 0.25) is 0 Å². The minimum Gasteiger partial charge on any atom is -0.488 e. The Kier molecular flexibility index (Phi) is 6.06. The second kappa shape index (κ2) is 8.25. The van der Waals surface area contributed by atoms with Crippen molar-refractivity contribution in [3.05, 3.63) is 71.0 Å². The Morgan fingerprint density at radius 1 is 1.17 bits per heavy atom. The van der Waals surface area contributed by atoms with E-state index in [0.717, 1.165) is 11.1 Å². The van der Waals surface area contributed by atoms with Crippen LogP contribution in [0.4, 0.5) is 4.39 Å². The molecule has 2 aromatic rings. The van der Waals surface area contributed by atoms with Crippen molar-refractivity contribution < 1.29 is 18.7 Å². The second-order valence-corrected chi connectivity index (χ2v) is 5.10. The quantitative estimate of drug-likeness (QED) is 0.439. The molecule has 4 heteroatoms. The molecule has 3 nitrogen and oxygen atoms in total. The number of carbonyl (C=O) groups is 1. The fourth-order valence-corrected chi connectivity index (χ4v) is 2.05. The number of hydrogen-bond acceptors (Lipinski definition) is 3. The minimum atomic E-state index is -0.559. The van der Waals surface area contributed by atoms with Crippen LogP contribution in [0.3, 0.4) is 0 Å². The second-order valence-electron chi connectivity index (χ2n) is 5.10. The van der Waals surface area contributed by atoms with E-state index in [9.17, 15) is 9.18 Å². The molecule has 23 heavy (non-hydrogen) atoms. The molecule has 0 bridgehead atoms. The third-order valence-corrected chi connectivity index (χ3v) is 3.23. The number of methoxy groups -OCH3 is 1. The van der Waals surface area contributed by atoms with Gasteiger partial charge in [-0.15, -0.1) is 0 Å². The summed E-state index contributed by atoms with van der Waals surface area (Å²) in [6, 6.07) is 12.0. The number of rotatable bonds is 7. The van der Waals surface area contributed by atoms with Crippen LogP contribution in [0.15, 0.2) is 48.5 Å². The lowest BCUT2D eigenvalue weighted by Gasteiger charge is -2.07. The lowest BCUT2D eigenvalue weighted by molar-refractivity contribution is 0.104. The van der Waals surface area contributed by atoms with Gasteiger partial charge >= 0.3 is 0 Å². The Labute approximate surface area is 135 Å². The van der Waals surface area contributed by atoms with E-state index in [1.807, 2.05) is 31.2 Å². The number of allylic oxidation sites excluding steroid dienone is 1. The first-order valence-corrected chi connectivity index (χ1v) is 7.30. The van der Waals surface area contributed by atoms with Crippen molar-refractivity contribution in [1.29, 1.82) is 0 Å². The van der Waals surface area contributed by atoms with Gasteiger partial charge in [0.2, 0.25) is 0 Å². The summed E-state index contributed by atoms with van der Waals surface area (Å²) in [6.45, 7) is 2.62. The fourth-order valence-electron chi connectivity index (χ4n) is 2.05. The van der Waals surface area contributed by atoms with E-state index in [0.29, 0.717) is 6.61 Å². The van der Waals surface area contributed by atoms with Gasteiger partial charge in [-0.2, -0.15) is 0 Å². The lowest BCUT2D eigenvalue weighted by Crippen LogP contribution is -2.06. The standard InChI is InChI=1S/C19H19FO3/c1-14-4-3-5-15(12-14)6-8-18(21)16-7-9-19(17(20)13-16)23-11-10-22-2/h3-9,12-13H,10-11H2,1-2H3/b8-6+. The molecule has 0 unspecified atom stereocenters. The van der Waals surface area contributed by atoms with Gasteiger partial charge in [0, 0.05) is 12.7 Å². The number of carbonyl (C=O) groups excluding carboxylic acids is 1. The molecule has 0 aliphatic heterocycles. The molecular weight excluding hydrogens is 295 g/mol. The van der Waals surface area contributed by atoms with Gasteiger partial charge in [-0.05, 0) is 36.8 Å². The molecule has 0 aromatic heterocycles. The molecule has 0 amide bonds. The van der Waals surface area contributed by atoms with Gasteiger partial charge in [-0.3, -0.25) is 4.79 Å². The summed E-state index contributed by atoms with van der Waals surface area (Å²) < 4.78 is 24.0. The predicted octanol–water partition coefficient (Wildman–Crippen LogP) is 4.06. The Bertz CT molecular complexity index is 708. The van der Waals surface area contributed by atoms with Gasteiger partial charge in [0.15, 0.2) is 17.3 Å². The summed E-state index contributed by atoms with van der Waals surface area (Å²) in [5.74, 6) is -0.703. The van der Waals surface area contributed by atoms with Gasteiger partial charge in [0.1, 0.15) is 6.61 Å². The molecular formula is C19H19FO3. The van der Waals surface area contributed by atoms with E-state index in [1.165, 1.54) is 18.2 Å². The maximum Gasteiger partial charge on any atom is 0.185 e. The van der Waals surface area contributed by atoms with Crippen LogP contribution in [-0.4, -0.2) is 26.1 Å². The van der Waals surface area contributed by atoms with Crippen molar-refractivity contribution in [2.75, 3.05) is 20.3 Å². The Morgan fingerprint density at radius 3 is 2.70 bits per heavy atom. The molecule has 0 heterocycles. The van der Waals surface area contributed by atoms with Gasteiger partial charge in [-0.1, -0.05) is 35.9 Å². The molecule has 0 aliphatic carbocycles. The first-order valence-electron chi connectivity index (χ1n) is 7.30. The first kappa shape index (κ1) is 16.9. The summed E-state index contributed by atoms with van der Waals surface area (Å²) in [7, 11) is 1.54. The predicted molar refractivity (Wildman–Crippen MR) is 88.3 cm³/mol. The number of ketones is 1. The Balaban J connectivity index is 2.06. The van der Waals surface area contributed by atoms with Crippen molar-refractivity contribution in [3.8, 4) is 5.75 Å². The van der Waals surface area contributed by atoms with E-state index in [1.54, 1.807) is 19.3 Å². The van der Waals surface area contributed by atoms with E-state index < -0.39 is 5.82 Å². The van der Waals surface area contributed by atoms with Crippen molar-refractivity contribution >= 4 is 11.9 Å². The topological polar surface area (TPSA) is 35.5 Å². The zero-order chi connectivity index (χ0) is 16.7. The van der Waals surface area contributed by atoms with Crippen molar-refractivity contribution in [3.63, 3.8) is 0 Å². The van der Waals surface area contributed by atoms with Crippen molar-refractivity contribution in [2.24, 2.45) is 0 Å². The van der Waals surface area contributed by atoms with Crippen LogP contribution in [0.25, 0.3) is 6.08 Å². The van der Waals surface area contributed by atoms with Crippen LogP contribution in [0.1, 0.15) is 21.5 Å². The highest BCUT2D eigenvalue weighted by Crippen LogP contribution is 2.19. The van der Waals surface area contributed by atoms with E-state index >= 15 is 0 Å². The smallest absolute Gasteiger partial charge is 0.185 e. The number of hydrogen-bond donors (Lipinski definition) is 0. The maximum absolute atomic E-state index is 13.9. The summed E-state index contributed by atoms with van der Waals surface area (Å²) >= 11 is 0. The van der Waals surface area contributed by atoms with Crippen LogP contribution in [0, 0.1) is 12.7 Å². The molecule has 2 aromatic carbocycles. The SMILES string of the molecule is COCCOc1ccc(C(=O)/C=C/c2cccc(C)c2)cc1F. The van der Waals surface area contributed by atoms with E-state index in [-0.39, 0.29) is 23.7 Å². The number of halogens is 1. The summed E-state index contributed by atoms with van der Waals surface area (Å²) in [5.41, 5.74) is 2.33. The molecule has 0 atom stereocenters. The summed E-state index contributed by atoms with van der Waals surface area (Å²) in [6.07, 6.45) is 3.16. The van der Waals surface area contributed by atoms with Crippen LogP contribution in [0.5, 0.6) is 5.75 Å². The lowest BCUT2D eigenvalue weighted by atomic mass is 10.1. The molecule has 2 rings (SSSR count). The number of aryl methyl sites for hydroxylation is 1. The monoisotopic (exact) mass is 314 g/mol. The van der Waals surface area contributed by atoms with Gasteiger partial charge in [-0.25, -0.2) is 4.39 Å². The highest BCUT2D eigenvalue weighted by molar-refractivity contribution is 6.06. The molecule has 0 fully saturated rings. The van der Waals surface area contributed by atoms with Gasteiger partial charge < -0.3 is 9.47 Å². The number of ether oxygens (including phenoxy) is 2. The largest absolute Gasteiger partial charge is 0.488 e. The average Bonchev–Trinajstić information content (AvgIpc) is 2.54. The highest BCUT2D eigenvalue weighted by Gasteiger charge is 2.08. The normalized spacial score (nSPS) is 10.9. The summed E-state index contributed by atoms with van der Waals surface area (Å²) in [4.78, 5) is 12.1. The van der Waals surface area contributed by atoms with Gasteiger partial charge in [0.25, 0.3) is 0 Å². The molecule has 0 saturated heterocycles. The average molecular weight is 314 g/mol. The first-order chi connectivity index (χ1) is 11.1. The fraction of sp³-hybridized carbons (Fsp3) is 0.211. The van der Waals surface area contributed by atoms with Crippen molar-refractivity contribution in [2.45, 2.75) is 6.92 Å². The van der Waals surface area contributed by atoms with Crippen molar-refractivity contribution in [1.82, 2.24) is 0 Å². The number of benzene rings is 2. The minimum absolute atomic E-state index is 0.112. The van der Waals surface area contributed by atoms with Crippen LogP contribution in [-0.2, 0) is 4.74 Å². The van der Waals surface area contributed by atoms with E-state index in [4.69, 9.17) is 9.47 Å². The summed E-state index contributed by atoms with van der Waals surface area (Å²) in [5, 5.41) is 0. The van der Waals surface area contributed by atoms with E-state index in [2.05, 4.69) is 0 Å². The molecule has 0 spiro atoms. The molecule has 0 N–H and O–H groups in total. The zero-order valence-electron chi connectivity index (χ0n) is 13.2. The van der Waals surface area contributed by atoms with Crippen LogP contribution >= 0.6 is 0 Å². The third kappa shape index (κ3) is 5.04. The van der Waals surface area contributed by atoms with Gasteiger partial charge in [0.05, 0.1) is 6.61 Å².